The van der Waals surface area contributed by atoms with Gasteiger partial charge in [-0.15, -0.1) is 0 Å². The molecule has 2 N–H and O–H groups in total. The smallest absolute Gasteiger partial charge is 0.254 e. The Hall–Kier alpha value is -1.27. The molecule has 1 fully saturated rings. The zero-order valence-electron chi connectivity index (χ0n) is 10.4. The Morgan fingerprint density at radius 1 is 1.47 bits per heavy atom. The van der Waals surface area contributed by atoms with Crippen LogP contribution in [-0.2, 0) is 0 Å². The van der Waals surface area contributed by atoms with Gasteiger partial charge in [-0.1, -0.05) is 0 Å². The lowest BCUT2D eigenvalue weighted by molar-refractivity contribution is 0.0787. The van der Waals surface area contributed by atoms with Crippen LogP contribution < -0.4 is 15.2 Å². The molecule has 1 aromatic carbocycles. The normalized spacial score (nSPS) is 20.9. The highest BCUT2D eigenvalue weighted by Crippen LogP contribution is 2.40. The number of nitrogens with zero attached hydrogens (tertiary/aromatic N) is 1. The molecular weight excluding hydrogens is 312 g/mol. The summed E-state index contributed by atoms with van der Waals surface area (Å²) in [7, 11) is 0. The van der Waals surface area contributed by atoms with E-state index in [0.29, 0.717) is 29.5 Å². The van der Waals surface area contributed by atoms with Crippen LogP contribution >= 0.6 is 15.9 Å². The molecule has 3 rings (SSSR count). The summed E-state index contributed by atoms with van der Waals surface area (Å²) in [5.41, 5.74) is 6.27. The summed E-state index contributed by atoms with van der Waals surface area (Å²) < 4.78 is 11.4. The van der Waals surface area contributed by atoms with Gasteiger partial charge in [0.1, 0.15) is 0 Å². The molecule has 1 unspecified atom stereocenters. The van der Waals surface area contributed by atoms with Gasteiger partial charge in [-0.25, -0.2) is 0 Å². The van der Waals surface area contributed by atoms with E-state index >= 15 is 0 Å². The molecule has 19 heavy (non-hydrogen) atoms. The lowest BCUT2D eigenvalue weighted by Crippen LogP contribution is -2.29. The number of halogens is 1. The molecule has 0 bridgehead atoms. The first-order chi connectivity index (χ1) is 9.19. The third-order valence-corrected chi connectivity index (χ3v) is 4.17. The van der Waals surface area contributed by atoms with E-state index in [1.54, 1.807) is 12.1 Å². The molecule has 0 aromatic heterocycles. The van der Waals surface area contributed by atoms with Gasteiger partial charge in [0.15, 0.2) is 11.5 Å². The van der Waals surface area contributed by atoms with E-state index < -0.39 is 0 Å². The average Bonchev–Trinajstić information content (AvgIpc) is 3.06. The van der Waals surface area contributed by atoms with E-state index in [4.69, 9.17) is 15.2 Å². The predicted octanol–water partition coefficient (Wildman–Crippen LogP) is 1.60. The van der Waals surface area contributed by atoms with Gasteiger partial charge in [-0.2, -0.15) is 0 Å². The van der Waals surface area contributed by atoms with E-state index in [2.05, 4.69) is 15.9 Å². The van der Waals surface area contributed by atoms with Crippen LogP contribution in [0.25, 0.3) is 0 Å². The largest absolute Gasteiger partial charge is 0.454 e. The molecule has 1 saturated heterocycles. The monoisotopic (exact) mass is 326 g/mol. The molecule has 0 radical (unpaired) electrons. The van der Waals surface area contributed by atoms with Crippen LogP contribution in [0, 0.1) is 5.92 Å². The minimum Gasteiger partial charge on any atom is -0.454 e. The van der Waals surface area contributed by atoms with Crippen molar-refractivity contribution in [2.24, 2.45) is 11.7 Å². The van der Waals surface area contributed by atoms with Crippen LogP contribution in [0.2, 0.25) is 0 Å². The first-order valence-corrected chi connectivity index (χ1v) is 7.07. The summed E-state index contributed by atoms with van der Waals surface area (Å²) in [6.07, 6.45) is 0.980. The van der Waals surface area contributed by atoms with Crippen molar-refractivity contribution >= 4 is 21.8 Å². The van der Waals surface area contributed by atoms with E-state index in [0.717, 1.165) is 24.0 Å². The molecule has 2 aliphatic rings. The third kappa shape index (κ3) is 2.30. The first kappa shape index (κ1) is 12.7. The predicted molar refractivity (Wildman–Crippen MR) is 73.3 cm³/mol. The van der Waals surface area contributed by atoms with Crippen LogP contribution in [0.3, 0.4) is 0 Å². The number of benzene rings is 1. The molecular formula is C13H15BrN2O3. The lowest BCUT2D eigenvalue weighted by atomic mass is 10.1. The van der Waals surface area contributed by atoms with Gasteiger partial charge in [0.25, 0.3) is 5.91 Å². The minimum absolute atomic E-state index is 0.0231. The Kier molecular flexibility index (Phi) is 3.36. The van der Waals surface area contributed by atoms with E-state index in [1.807, 2.05) is 4.90 Å². The quantitative estimate of drug-likeness (QED) is 0.896. The number of carbonyl (C=O) groups excluding carboxylic acids is 1. The van der Waals surface area contributed by atoms with Crippen molar-refractivity contribution < 1.29 is 14.3 Å². The number of carbonyl (C=O) groups is 1. The van der Waals surface area contributed by atoms with Gasteiger partial charge in [0.05, 0.1) is 4.47 Å². The van der Waals surface area contributed by atoms with Crippen molar-refractivity contribution in [2.75, 3.05) is 26.4 Å². The standard InChI is InChI=1S/C13H15BrN2O3/c14-10-3-9(4-11-12(10)19-7-18-11)13(17)16-2-1-8(5-15)6-16/h3-4,8H,1-2,5-7,15H2. The maximum atomic E-state index is 12.4. The number of likely N-dealkylation sites (tertiary alicyclic amines) is 1. The zero-order valence-corrected chi connectivity index (χ0v) is 12.0. The molecule has 0 aliphatic carbocycles. The fraction of sp³-hybridized carbons (Fsp3) is 0.462. The fourth-order valence-electron chi connectivity index (χ4n) is 2.48. The number of nitrogens with two attached hydrogens (primary N) is 1. The zero-order chi connectivity index (χ0) is 13.4. The number of ether oxygens (including phenoxy) is 2. The second-order valence-corrected chi connectivity index (χ2v) is 5.69. The van der Waals surface area contributed by atoms with Crippen molar-refractivity contribution in [1.82, 2.24) is 4.90 Å². The maximum absolute atomic E-state index is 12.4. The Morgan fingerprint density at radius 3 is 3.05 bits per heavy atom. The minimum atomic E-state index is 0.0231. The molecule has 102 valence electrons. The Balaban J connectivity index is 1.83. The van der Waals surface area contributed by atoms with Crippen LogP contribution in [0.1, 0.15) is 16.8 Å². The highest BCUT2D eigenvalue weighted by atomic mass is 79.9. The van der Waals surface area contributed by atoms with Crippen molar-refractivity contribution in [3.63, 3.8) is 0 Å². The number of hydrogen-bond acceptors (Lipinski definition) is 4. The van der Waals surface area contributed by atoms with Crippen molar-refractivity contribution in [3.05, 3.63) is 22.2 Å². The Labute approximate surface area is 119 Å². The molecule has 2 aliphatic heterocycles. The van der Waals surface area contributed by atoms with E-state index in [9.17, 15) is 4.79 Å². The van der Waals surface area contributed by atoms with Crippen LogP contribution in [0.15, 0.2) is 16.6 Å². The number of amides is 1. The summed E-state index contributed by atoms with van der Waals surface area (Å²) in [5.74, 6) is 1.72. The van der Waals surface area contributed by atoms with Gasteiger partial charge in [-0.3, -0.25) is 4.79 Å². The topological polar surface area (TPSA) is 64.8 Å². The molecule has 0 saturated carbocycles. The lowest BCUT2D eigenvalue weighted by Gasteiger charge is -2.16. The van der Waals surface area contributed by atoms with Gasteiger partial charge in [-0.05, 0) is 46.9 Å². The first-order valence-electron chi connectivity index (χ1n) is 6.27. The van der Waals surface area contributed by atoms with Gasteiger partial charge >= 0.3 is 0 Å². The van der Waals surface area contributed by atoms with Crippen molar-refractivity contribution in [3.8, 4) is 11.5 Å². The molecule has 1 atom stereocenters. The van der Waals surface area contributed by atoms with Crippen LogP contribution in [0.4, 0.5) is 0 Å². The molecule has 2 heterocycles. The van der Waals surface area contributed by atoms with E-state index in [1.165, 1.54) is 0 Å². The van der Waals surface area contributed by atoms with Gasteiger partial charge < -0.3 is 20.1 Å². The van der Waals surface area contributed by atoms with E-state index in [-0.39, 0.29) is 12.7 Å². The SMILES string of the molecule is NCC1CCN(C(=O)c2cc(Br)c3c(c2)OCO3)C1. The maximum Gasteiger partial charge on any atom is 0.254 e. The molecule has 5 nitrogen and oxygen atoms in total. The Bertz CT molecular complexity index is 521. The van der Waals surface area contributed by atoms with Crippen LogP contribution in [-0.4, -0.2) is 37.2 Å². The van der Waals surface area contributed by atoms with Gasteiger partial charge in [0, 0.05) is 18.7 Å². The molecule has 1 aromatic rings. The second-order valence-electron chi connectivity index (χ2n) is 4.83. The third-order valence-electron chi connectivity index (χ3n) is 3.58. The summed E-state index contributed by atoms with van der Waals surface area (Å²) in [6.45, 7) is 2.34. The highest BCUT2D eigenvalue weighted by Gasteiger charge is 2.28. The highest BCUT2D eigenvalue weighted by molar-refractivity contribution is 9.10. The second kappa shape index (κ2) is 5.02. The average molecular weight is 327 g/mol. The molecule has 6 heteroatoms. The fourth-order valence-corrected chi connectivity index (χ4v) is 3.04. The summed E-state index contributed by atoms with van der Waals surface area (Å²) in [4.78, 5) is 14.3. The number of fused-ring (bicyclic) bond motifs is 1. The van der Waals surface area contributed by atoms with Crippen molar-refractivity contribution in [2.45, 2.75) is 6.42 Å². The summed E-state index contributed by atoms with van der Waals surface area (Å²) in [5, 5.41) is 0. The van der Waals surface area contributed by atoms with Gasteiger partial charge in [0.2, 0.25) is 6.79 Å². The van der Waals surface area contributed by atoms with Crippen LogP contribution in [0.5, 0.6) is 11.5 Å². The molecule has 0 spiro atoms. The Morgan fingerprint density at radius 2 is 2.32 bits per heavy atom. The summed E-state index contributed by atoms with van der Waals surface area (Å²) >= 11 is 3.40. The van der Waals surface area contributed by atoms with Crippen molar-refractivity contribution in [1.29, 1.82) is 0 Å². The number of rotatable bonds is 2. The molecule has 1 amide bonds. The number of hydrogen-bond donors (Lipinski definition) is 1. The summed E-state index contributed by atoms with van der Waals surface area (Å²) in [6, 6.07) is 3.52.